The predicted molar refractivity (Wildman–Crippen MR) is 76.8 cm³/mol. The predicted octanol–water partition coefficient (Wildman–Crippen LogP) is 0.939. The number of amides is 1. The van der Waals surface area contributed by atoms with Crippen LogP contribution < -0.4 is 5.32 Å². The van der Waals surface area contributed by atoms with E-state index in [1.807, 2.05) is 30.1 Å². The first kappa shape index (κ1) is 14.0. The van der Waals surface area contributed by atoms with Crippen molar-refractivity contribution in [1.29, 1.82) is 0 Å². The van der Waals surface area contributed by atoms with E-state index >= 15 is 0 Å². The summed E-state index contributed by atoms with van der Waals surface area (Å²) in [7, 11) is 2.00. The number of likely N-dealkylation sites (N-methyl/N-ethyl adjacent to an activating group) is 1. The first-order chi connectivity index (χ1) is 9.15. The molecular weight excluding hydrogens is 238 g/mol. The topological polar surface area (TPSA) is 35.6 Å². The van der Waals surface area contributed by atoms with Gasteiger partial charge in [0.1, 0.15) is 0 Å². The second-order valence-electron chi connectivity index (χ2n) is 5.35. The van der Waals surface area contributed by atoms with Gasteiger partial charge in [0.2, 0.25) is 5.91 Å². The number of hydrogen-bond acceptors (Lipinski definition) is 3. The van der Waals surface area contributed by atoms with Gasteiger partial charge in [-0.1, -0.05) is 30.3 Å². The Hall–Kier alpha value is -1.39. The molecule has 19 heavy (non-hydrogen) atoms. The number of nitrogens with zero attached hydrogens (tertiary/aromatic N) is 2. The third kappa shape index (κ3) is 4.33. The lowest BCUT2D eigenvalue weighted by Gasteiger charge is -2.33. The van der Waals surface area contributed by atoms with Crippen molar-refractivity contribution < 1.29 is 4.79 Å². The fourth-order valence-corrected chi connectivity index (χ4v) is 2.44. The maximum absolute atomic E-state index is 12.2. The molecule has 0 saturated carbocycles. The number of piperazine rings is 1. The van der Waals surface area contributed by atoms with Gasteiger partial charge in [-0.25, -0.2) is 0 Å². The molecule has 0 spiro atoms. The number of hydrogen-bond donors (Lipinski definition) is 1. The highest BCUT2D eigenvalue weighted by molar-refractivity contribution is 5.78. The summed E-state index contributed by atoms with van der Waals surface area (Å²) in [6.07, 6.45) is 0. The van der Waals surface area contributed by atoms with Crippen LogP contribution in [0.1, 0.15) is 12.5 Å². The summed E-state index contributed by atoms with van der Waals surface area (Å²) < 4.78 is 0. The SMILES string of the molecule is C[C@@H]1CN(C(=O)CN(C)Cc2ccccc2)CCN1. The molecule has 1 heterocycles. The van der Waals surface area contributed by atoms with Crippen molar-refractivity contribution in [3.63, 3.8) is 0 Å². The molecule has 1 aromatic carbocycles. The van der Waals surface area contributed by atoms with Crippen LogP contribution in [-0.2, 0) is 11.3 Å². The molecule has 104 valence electrons. The minimum Gasteiger partial charge on any atom is -0.339 e. The Labute approximate surface area is 115 Å². The summed E-state index contributed by atoms with van der Waals surface area (Å²) in [5.74, 6) is 0.229. The van der Waals surface area contributed by atoms with Crippen molar-refractivity contribution in [3.05, 3.63) is 35.9 Å². The van der Waals surface area contributed by atoms with Crippen molar-refractivity contribution >= 4 is 5.91 Å². The number of benzene rings is 1. The van der Waals surface area contributed by atoms with E-state index in [1.54, 1.807) is 0 Å². The summed E-state index contributed by atoms with van der Waals surface area (Å²) in [5, 5.41) is 3.35. The van der Waals surface area contributed by atoms with E-state index < -0.39 is 0 Å². The van der Waals surface area contributed by atoms with Crippen LogP contribution in [-0.4, -0.2) is 55.0 Å². The molecule has 0 bridgehead atoms. The van der Waals surface area contributed by atoms with E-state index in [-0.39, 0.29) is 5.91 Å². The lowest BCUT2D eigenvalue weighted by atomic mass is 10.2. The largest absolute Gasteiger partial charge is 0.339 e. The second kappa shape index (κ2) is 6.68. The molecule has 1 N–H and O–H groups in total. The fraction of sp³-hybridized carbons (Fsp3) is 0.533. The second-order valence-corrected chi connectivity index (χ2v) is 5.35. The number of carbonyl (C=O) groups is 1. The summed E-state index contributed by atoms with van der Waals surface area (Å²) in [5.41, 5.74) is 1.24. The molecule has 4 nitrogen and oxygen atoms in total. The first-order valence-corrected chi connectivity index (χ1v) is 6.89. The van der Waals surface area contributed by atoms with Crippen LogP contribution in [0, 0.1) is 0 Å². The molecule has 1 aromatic rings. The standard InChI is InChI=1S/C15H23N3O/c1-13-10-18(9-8-16-13)15(19)12-17(2)11-14-6-4-3-5-7-14/h3-7,13,16H,8-12H2,1-2H3/t13-/m1/s1. The third-order valence-electron chi connectivity index (χ3n) is 3.42. The summed E-state index contributed by atoms with van der Waals surface area (Å²) in [6.45, 7) is 5.96. The van der Waals surface area contributed by atoms with Gasteiger partial charge in [0, 0.05) is 32.2 Å². The maximum Gasteiger partial charge on any atom is 0.236 e. The van der Waals surface area contributed by atoms with Gasteiger partial charge in [-0.3, -0.25) is 9.69 Å². The zero-order chi connectivity index (χ0) is 13.7. The molecule has 0 aliphatic carbocycles. The van der Waals surface area contributed by atoms with Gasteiger partial charge < -0.3 is 10.2 Å². The van der Waals surface area contributed by atoms with Crippen molar-refractivity contribution in [2.45, 2.75) is 19.5 Å². The van der Waals surface area contributed by atoms with Crippen LogP contribution >= 0.6 is 0 Å². The van der Waals surface area contributed by atoms with Crippen LogP contribution in [0.2, 0.25) is 0 Å². The quantitative estimate of drug-likeness (QED) is 0.876. The van der Waals surface area contributed by atoms with Crippen LogP contribution in [0.4, 0.5) is 0 Å². The lowest BCUT2D eigenvalue weighted by molar-refractivity contribution is -0.133. The van der Waals surface area contributed by atoms with E-state index in [4.69, 9.17) is 0 Å². The Morgan fingerprint density at radius 3 is 2.84 bits per heavy atom. The molecule has 1 amide bonds. The highest BCUT2D eigenvalue weighted by Gasteiger charge is 2.21. The van der Waals surface area contributed by atoms with Crippen LogP contribution in [0.25, 0.3) is 0 Å². The van der Waals surface area contributed by atoms with Crippen molar-refractivity contribution in [2.24, 2.45) is 0 Å². The van der Waals surface area contributed by atoms with Gasteiger partial charge in [0.05, 0.1) is 6.54 Å². The van der Waals surface area contributed by atoms with Gasteiger partial charge in [0.15, 0.2) is 0 Å². The zero-order valence-electron chi connectivity index (χ0n) is 11.8. The Kier molecular flexibility index (Phi) is 4.93. The number of rotatable bonds is 4. The van der Waals surface area contributed by atoms with Gasteiger partial charge in [-0.2, -0.15) is 0 Å². The van der Waals surface area contributed by atoms with Gasteiger partial charge >= 0.3 is 0 Å². The molecule has 1 aliphatic heterocycles. The monoisotopic (exact) mass is 261 g/mol. The van der Waals surface area contributed by atoms with E-state index in [2.05, 4.69) is 29.3 Å². The van der Waals surface area contributed by atoms with Crippen LogP contribution in [0.15, 0.2) is 30.3 Å². The minimum absolute atomic E-state index is 0.229. The number of nitrogens with one attached hydrogen (secondary N) is 1. The fourth-order valence-electron chi connectivity index (χ4n) is 2.44. The van der Waals surface area contributed by atoms with E-state index in [1.165, 1.54) is 5.56 Å². The molecule has 1 fully saturated rings. The highest BCUT2D eigenvalue weighted by Crippen LogP contribution is 2.04. The lowest BCUT2D eigenvalue weighted by Crippen LogP contribution is -2.53. The molecular formula is C15H23N3O. The molecule has 4 heteroatoms. The molecule has 0 aromatic heterocycles. The highest BCUT2D eigenvalue weighted by atomic mass is 16.2. The molecule has 0 unspecified atom stereocenters. The molecule has 2 rings (SSSR count). The normalized spacial score (nSPS) is 19.7. The first-order valence-electron chi connectivity index (χ1n) is 6.89. The Balaban J connectivity index is 1.81. The van der Waals surface area contributed by atoms with E-state index in [9.17, 15) is 4.79 Å². The number of carbonyl (C=O) groups excluding carboxylic acids is 1. The van der Waals surface area contributed by atoms with Gasteiger partial charge in [-0.05, 0) is 19.5 Å². The summed E-state index contributed by atoms with van der Waals surface area (Å²) >= 11 is 0. The Morgan fingerprint density at radius 1 is 1.42 bits per heavy atom. The van der Waals surface area contributed by atoms with Crippen molar-refractivity contribution in [2.75, 3.05) is 33.2 Å². The zero-order valence-corrected chi connectivity index (χ0v) is 11.8. The van der Waals surface area contributed by atoms with Crippen molar-refractivity contribution in [3.8, 4) is 0 Å². The van der Waals surface area contributed by atoms with E-state index in [0.29, 0.717) is 12.6 Å². The van der Waals surface area contributed by atoms with E-state index in [0.717, 1.165) is 26.2 Å². The minimum atomic E-state index is 0.229. The Morgan fingerprint density at radius 2 is 2.16 bits per heavy atom. The van der Waals surface area contributed by atoms with Gasteiger partial charge in [0.25, 0.3) is 0 Å². The molecule has 0 radical (unpaired) electrons. The van der Waals surface area contributed by atoms with Crippen molar-refractivity contribution in [1.82, 2.24) is 15.1 Å². The Bertz CT molecular complexity index is 407. The van der Waals surface area contributed by atoms with Gasteiger partial charge in [-0.15, -0.1) is 0 Å². The van der Waals surface area contributed by atoms with Crippen LogP contribution in [0.5, 0.6) is 0 Å². The molecule has 1 saturated heterocycles. The summed E-state index contributed by atoms with van der Waals surface area (Å²) in [4.78, 5) is 16.2. The average molecular weight is 261 g/mol. The molecule has 1 aliphatic rings. The molecule has 1 atom stereocenters. The average Bonchev–Trinajstić information content (AvgIpc) is 2.39. The van der Waals surface area contributed by atoms with Crippen LogP contribution in [0.3, 0.4) is 0 Å². The maximum atomic E-state index is 12.2. The third-order valence-corrected chi connectivity index (χ3v) is 3.42. The smallest absolute Gasteiger partial charge is 0.236 e. The summed E-state index contributed by atoms with van der Waals surface area (Å²) in [6, 6.07) is 10.7.